The minimum Gasteiger partial charge on any atom is -0.284 e. The largest absolute Gasteiger partial charge is 0.284 e. The molecule has 0 aromatic rings. The number of allylic oxidation sites excluding steroid dienone is 3. The van der Waals surface area contributed by atoms with E-state index in [0.717, 1.165) is 6.26 Å². The van der Waals surface area contributed by atoms with Crippen molar-refractivity contribution in [2.45, 2.75) is 0 Å². The minimum absolute atomic E-state index is 0.419. The average molecular weight is 173 g/mol. The normalized spacial score (nSPS) is 12.3. The lowest BCUT2D eigenvalue weighted by Crippen LogP contribution is -2.19. The molecule has 3 nitrogen and oxygen atoms in total. The molecule has 0 rings (SSSR count). The van der Waals surface area contributed by atoms with Gasteiger partial charge < -0.3 is 0 Å². The van der Waals surface area contributed by atoms with E-state index < -0.39 is 10.0 Å². The van der Waals surface area contributed by atoms with Crippen molar-refractivity contribution < 1.29 is 8.42 Å². The van der Waals surface area contributed by atoms with Gasteiger partial charge in [-0.2, -0.15) is 0 Å². The topological polar surface area (TPSA) is 46.2 Å². The molecule has 0 aliphatic rings. The maximum absolute atomic E-state index is 10.6. The third-order valence-corrected chi connectivity index (χ3v) is 1.43. The van der Waals surface area contributed by atoms with Crippen molar-refractivity contribution in [3.05, 3.63) is 37.1 Å². The second-order valence-corrected chi connectivity index (χ2v) is 3.68. The first kappa shape index (κ1) is 9.97. The highest BCUT2D eigenvalue weighted by Gasteiger charge is 1.98. The molecule has 0 bridgehead atoms. The first-order chi connectivity index (χ1) is 4.99. The van der Waals surface area contributed by atoms with Gasteiger partial charge in [0.25, 0.3) is 0 Å². The fourth-order valence-corrected chi connectivity index (χ4v) is 1.06. The van der Waals surface area contributed by atoms with Crippen molar-refractivity contribution in [3.8, 4) is 0 Å². The Hall–Kier alpha value is -1.03. The predicted molar refractivity (Wildman–Crippen MR) is 46.5 cm³/mol. The Bertz CT molecular complexity index is 275. The zero-order valence-corrected chi connectivity index (χ0v) is 7.19. The van der Waals surface area contributed by atoms with Crippen molar-refractivity contribution in [1.29, 1.82) is 0 Å². The fraction of sp³-hybridized carbons (Fsp3) is 0.143. The first-order valence-corrected chi connectivity index (χ1v) is 4.81. The summed E-state index contributed by atoms with van der Waals surface area (Å²) < 4.78 is 23.5. The zero-order valence-electron chi connectivity index (χ0n) is 6.37. The lowest BCUT2D eigenvalue weighted by Gasteiger charge is -2.01. The molecule has 0 unspecified atom stereocenters. The van der Waals surface area contributed by atoms with Crippen molar-refractivity contribution in [3.63, 3.8) is 0 Å². The first-order valence-electron chi connectivity index (χ1n) is 2.92. The van der Waals surface area contributed by atoms with E-state index in [4.69, 9.17) is 0 Å². The van der Waals surface area contributed by atoms with Crippen LogP contribution in [0.25, 0.3) is 0 Å². The highest BCUT2D eigenvalue weighted by atomic mass is 32.2. The summed E-state index contributed by atoms with van der Waals surface area (Å²) in [6.07, 6.45) is 5.49. The number of nitrogens with one attached hydrogen (secondary N) is 1. The quantitative estimate of drug-likeness (QED) is 0.639. The van der Waals surface area contributed by atoms with Crippen LogP contribution in [0.2, 0.25) is 0 Å². The molecule has 0 spiro atoms. The Labute approximate surface area is 67.2 Å². The van der Waals surface area contributed by atoms with Gasteiger partial charge in [0.15, 0.2) is 0 Å². The summed E-state index contributed by atoms with van der Waals surface area (Å²) in [5, 5.41) is 0. The Morgan fingerprint density at radius 3 is 2.27 bits per heavy atom. The molecule has 0 radical (unpaired) electrons. The van der Waals surface area contributed by atoms with Gasteiger partial charge in [-0.3, -0.25) is 4.72 Å². The molecule has 0 aromatic heterocycles. The second-order valence-electron chi connectivity index (χ2n) is 1.94. The van der Waals surface area contributed by atoms with Crippen LogP contribution in [0.1, 0.15) is 0 Å². The van der Waals surface area contributed by atoms with Crippen molar-refractivity contribution in [2.24, 2.45) is 0 Å². The van der Waals surface area contributed by atoms with Crippen LogP contribution in [0, 0.1) is 0 Å². The predicted octanol–water partition coefficient (Wildman–Crippen LogP) is 0.792. The summed E-state index contributed by atoms with van der Waals surface area (Å²) in [6, 6.07) is 0. The van der Waals surface area contributed by atoms with E-state index in [1.54, 1.807) is 0 Å². The van der Waals surface area contributed by atoms with E-state index in [2.05, 4.69) is 17.9 Å². The van der Waals surface area contributed by atoms with Gasteiger partial charge in [-0.05, 0) is 12.2 Å². The Kier molecular flexibility index (Phi) is 3.60. The standard InChI is InChI=1S/C7H11NO2S/c1-4-6-7(5-2)8-11(3,9)10/h4-6,8H,1-2H2,3H3/b7-6+. The van der Waals surface area contributed by atoms with E-state index in [1.807, 2.05) is 0 Å². The van der Waals surface area contributed by atoms with Crippen molar-refractivity contribution in [1.82, 2.24) is 4.72 Å². The number of rotatable bonds is 4. The highest BCUT2D eigenvalue weighted by molar-refractivity contribution is 7.88. The minimum atomic E-state index is -3.19. The molecule has 0 atom stereocenters. The summed E-state index contributed by atoms with van der Waals surface area (Å²) in [5.41, 5.74) is 0.419. The van der Waals surface area contributed by atoms with Gasteiger partial charge in [0, 0.05) is 5.70 Å². The lowest BCUT2D eigenvalue weighted by molar-refractivity contribution is 0.595. The van der Waals surface area contributed by atoms with Gasteiger partial charge in [-0.25, -0.2) is 8.42 Å². The van der Waals surface area contributed by atoms with Crippen LogP contribution in [0.5, 0.6) is 0 Å². The van der Waals surface area contributed by atoms with Crippen molar-refractivity contribution >= 4 is 10.0 Å². The molecule has 4 heteroatoms. The molecule has 0 heterocycles. The third kappa shape index (κ3) is 5.42. The van der Waals surface area contributed by atoms with E-state index >= 15 is 0 Å². The van der Waals surface area contributed by atoms with E-state index in [9.17, 15) is 8.42 Å². The molecule has 0 aliphatic carbocycles. The lowest BCUT2D eigenvalue weighted by atomic mass is 10.4. The average Bonchev–Trinajstić information content (AvgIpc) is 1.84. The molecular weight excluding hydrogens is 162 g/mol. The van der Waals surface area contributed by atoms with Crippen LogP contribution in [0.3, 0.4) is 0 Å². The maximum Gasteiger partial charge on any atom is 0.229 e. The highest BCUT2D eigenvalue weighted by Crippen LogP contribution is 1.92. The summed E-state index contributed by atoms with van der Waals surface area (Å²) in [5.74, 6) is 0. The molecule has 0 aliphatic heterocycles. The zero-order chi connectivity index (χ0) is 8.91. The van der Waals surface area contributed by atoms with E-state index in [-0.39, 0.29) is 0 Å². The molecule has 11 heavy (non-hydrogen) atoms. The number of hydrogen-bond acceptors (Lipinski definition) is 2. The van der Waals surface area contributed by atoms with Crippen LogP contribution in [-0.4, -0.2) is 14.7 Å². The number of sulfonamides is 1. The third-order valence-electron chi connectivity index (χ3n) is 0.821. The van der Waals surface area contributed by atoms with E-state index in [0.29, 0.717) is 5.70 Å². The summed E-state index contributed by atoms with van der Waals surface area (Å²) >= 11 is 0. The Balaban J connectivity index is 4.46. The Morgan fingerprint density at radius 2 is 2.00 bits per heavy atom. The van der Waals surface area contributed by atoms with E-state index in [1.165, 1.54) is 18.2 Å². The summed E-state index contributed by atoms with van der Waals surface area (Å²) in [4.78, 5) is 0. The monoisotopic (exact) mass is 173 g/mol. The molecular formula is C7H11NO2S. The fourth-order valence-electron chi connectivity index (χ4n) is 0.485. The van der Waals surface area contributed by atoms with Gasteiger partial charge in [0.1, 0.15) is 0 Å². The van der Waals surface area contributed by atoms with Gasteiger partial charge in [0.2, 0.25) is 10.0 Å². The SMILES string of the molecule is C=C/C=C(\C=C)NS(C)(=O)=O. The van der Waals surface area contributed by atoms with Crippen LogP contribution in [-0.2, 0) is 10.0 Å². The van der Waals surface area contributed by atoms with Crippen LogP contribution >= 0.6 is 0 Å². The second kappa shape index (κ2) is 3.98. The molecule has 0 saturated carbocycles. The van der Waals surface area contributed by atoms with Gasteiger partial charge in [0.05, 0.1) is 6.26 Å². The van der Waals surface area contributed by atoms with Gasteiger partial charge in [-0.1, -0.05) is 19.2 Å². The maximum atomic E-state index is 10.6. The van der Waals surface area contributed by atoms with Crippen LogP contribution in [0.15, 0.2) is 37.1 Å². The molecule has 62 valence electrons. The van der Waals surface area contributed by atoms with Crippen LogP contribution < -0.4 is 4.72 Å². The van der Waals surface area contributed by atoms with Crippen LogP contribution in [0.4, 0.5) is 0 Å². The molecule has 0 amide bonds. The smallest absolute Gasteiger partial charge is 0.229 e. The molecule has 0 aromatic carbocycles. The van der Waals surface area contributed by atoms with Gasteiger partial charge in [-0.15, -0.1) is 0 Å². The van der Waals surface area contributed by atoms with Gasteiger partial charge >= 0.3 is 0 Å². The van der Waals surface area contributed by atoms with Crippen molar-refractivity contribution in [2.75, 3.05) is 6.26 Å². The summed E-state index contributed by atoms with van der Waals surface area (Å²) in [7, 11) is -3.19. The Morgan fingerprint density at radius 1 is 1.45 bits per heavy atom. The molecule has 0 fully saturated rings. The number of hydrogen-bond donors (Lipinski definition) is 1. The molecule has 1 N–H and O–H groups in total. The molecule has 0 saturated heterocycles. The summed E-state index contributed by atoms with van der Waals surface area (Å²) in [6.45, 7) is 6.84.